The van der Waals surface area contributed by atoms with Gasteiger partial charge < -0.3 is 14.9 Å². The number of aromatic nitrogens is 2. The van der Waals surface area contributed by atoms with Crippen molar-refractivity contribution in [3.05, 3.63) is 89.9 Å². The second-order valence-corrected chi connectivity index (χ2v) is 9.60. The van der Waals surface area contributed by atoms with Gasteiger partial charge in [-0.1, -0.05) is 60.7 Å². The monoisotopic (exact) mass is 445 g/mol. The Balaban J connectivity index is 1.10. The third-order valence-corrected chi connectivity index (χ3v) is 6.96. The zero-order valence-electron chi connectivity index (χ0n) is 18.8. The Kier molecular flexibility index (Phi) is 6.40. The van der Waals surface area contributed by atoms with E-state index < -0.39 is 11.7 Å². The van der Waals surface area contributed by atoms with Gasteiger partial charge in [-0.05, 0) is 35.8 Å². The van der Waals surface area contributed by atoms with Gasteiger partial charge in [0.25, 0.3) is 0 Å². The lowest BCUT2D eigenvalue weighted by molar-refractivity contribution is 0.0327. The van der Waals surface area contributed by atoms with Crippen LogP contribution in [0.4, 0.5) is 0 Å². The Morgan fingerprint density at radius 1 is 0.909 bits per heavy atom. The summed E-state index contributed by atoms with van der Waals surface area (Å²) in [6.45, 7) is 2.78. The van der Waals surface area contributed by atoms with Crippen LogP contribution in [0.15, 0.2) is 73.1 Å². The van der Waals surface area contributed by atoms with Crippen molar-refractivity contribution in [2.24, 2.45) is 11.8 Å². The lowest BCUT2D eigenvalue weighted by atomic mass is 9.91. The van der Waals surface area contributed by atoms with E-state index in [0.717, 1.165) is 37.9 Å². The smallest absolute Gasteiger partial charge is 0.232 e. The number of fused-ring (bicyclic) bond motifs is 1. The number of benzene rings is 2. The van der Waals surface area contributed by atoms with E-state index >= 15 is 0 Å². The van der Waals surface area contributed by atoms with Crippen LogP contribution in [-0.4, -0.2) is 50.3 Å². The van der Waals surface area contributed by atoms with Crippen LogP contribution in [0.3, 0.4) is 0 Å². The van der Waals surface area contributed by atoms with E-state index in [4.69, 9.17) is 4.74 Å². The number of likely N-dealkylation sites (tertiary alicyclic amines) is 1. The van der Waals surface area contributed by atoms with Crippen LogP contribution in [0.25, 0.3) is 0 Å². The Bertz CT molecular complexity index is 1020. The Hall–Kier alpha value is -2.80. The maximum absolute atomic E-state index is 11.1. The molecule has 0 radical (unpaired) electrons. The highest BCUT2D eigenvalue weighted by Crippen LogP contribution is 2.45. The number of aliphatic hydroxyl groups excluding tert-OH is 1. The molecule has 2 N–H and O–H groups in total. The summed E-state index contributed by atoms with van der Waals surface area (Å²) in [4.78, 5) is 11.0. The molecule has 1 unspecified atom stereocenters. The number of rotatable bonds is 8. The fraction of sp³-hybridized carbons (Fsp3) is 0.407. The number of β-amino-alcohol motifs (C(OH)–C–C–N with tert-alkyl or cyclic N) is 1. The van der Waals surface area contributed by atoms with Crippen molar-refractivity contribution in [2.75, 3.05) is 19.6 Å². The molecule has 3 aromatic rings. The van der Waals surface area contributed by atoms with Gasteiger partial charge >= 0.3 is 0 Å². The SMILES string of the molecule is OC(CN1C[C@@H]2C[C@](O)(Cc3ccccc3)C[C@@H]2C1)c1cnc(OCc2ccccc2)cn1. The molecule has 5 rings (SSSR count). The van der Waals surface area contributed by atoms with E-state index in [1.807, 2.05) is 48.5 Å². The average molecular weight is 446 g/mol. The molecule has 0 spiro atoms. The lowest BCUT2D eigenvalue weighted by Crippen LogP contribution is -2.33. The molecule has 1 aliphatic carbocycles. The van der Waals surface area contributed by atoms with Crippen LogP contribution in [0.2, 0.25) is 0 Å². The second kappa shape index (κ2) is 9.59. The van der Waals surface area contributed by atoms with Crippen molar-refractivity contribution in [1.82, 2.24) is 14.9 Å². The summed E-state index contributed by atoms with van der Waals surface area (Å²) in [5.41, 5.74) is 2.21. The number of hydrogen-bond donors (Lipinski definition) is 2. The van der Waals surface area contributed by atoms with Gasteiger partial charge in [-0.3, -0.25) is 9.88 Å². The molecule has 4 atom stereocenters. The fourth-order valence-corrected chi connectivity index (χ4v) is 5.47. The first-order valence-corrected chi connectivity index (χ1v) is 11.7. The largest absolute Gasteiger partial charge is 0.472 e. The maximum atomic E-state index is 11.1. The zero-order valence-corrected chi connectivity index (χ0v) is 18.8. The summed E-state index contributed by atoms with van der Waals surface area (Å²) in [6.07, 6.45) is 4.85. The van der Waals surface area contributed by atoms with Gasteiger partial charge in [-0.2, -0.15) is 0 Å². The minimum atomic E-state index is -0.692. The third kappa shape index (κ3) is 5.41. The highest BCUT2D eigenvalue weighted by molar-refractivity contribution is 5.19. The van der Waals surface area contributed by atoms with Crippen LogP contribution in [0.1, 0.15) is 35.8 Å². The van der Waals surface area contributed by atoms with E-state index in [1.54, 1.807) is 12.4 Å². The molecule has 0 amide bonds. The number of nitrogens with zero attached hydrogens (tertiary/aromatic N) is 3. The summed E-state index contributed by atoms with van der Waals surface area (Å²) in [5, 5.41) is 21.8. The molecule has 0 bridgehead atoms. The second-order valence-electron chi connectivity index (χ2n) is 9.60. The molecule has 2 aromatic carbocycles. The standard InChI is InChI=1S/C27H31N3O3/c31-25(24-14-29-26(15-28-24)33-19-21-9-5-2-6-10-21)18-30-16-22-12-27(32,13-23(22)17-30)11-20-7-3-1-4-8-20/h1-10,14-15,22-23,25,31-32H,11-13,16-19H2/t22-,23+,25?,27+. The third-order valence-electron chi connectivity index (χ3n) is 6.96. The minimum Gasteiger partial charge on any atom is -0.472 e. The fourth-order valence-electron chi connectivity index (χ4n) is 5.47. The number of aliphatic hydroxyl groups is 2. The summed E-state index contributed by atoms with van der Waals surface area (Å²) < 4.78 is 5.68. The van der Waals surface area contributed by atoms with E-state index in [9.17, 15) is 10.2 Å². The van der Waals surface area contributed by atoms with E-state index in [-0.39, 0.29) is 0 Å². The summed E-state index contributed by atoms with van der Waals surface area (Å²) in [6, 6.07) is 20.2. The zero-order chi connectivity index (χ0) is 22.7. The van der Waals surface area contributed by atoms with Gasteiger partial charge in [0.1, 0.15) is 12.7 Å². The average Bonchev–Trinajstić information content (AvgIpc) is 3.33. The molecule has 1 aromatic heterocycles. The van der Waals surface area contributed by atoms with Gasteiger partial charge in [-0.15, -0.1) is 0 Å². The predicted octanol–water partition coefficient (Wildman–Crippen LogP) is 3.40. The summed E-state index contributed by atoms with van der Waals surface area (Å²) in [5.74, 6) is 1.40. The quantitative estimate of drug-likeness (QED) is 0.553. The summed E-state index contributed by atoms with van der Waals surface area (Å²) >= 11 is 0. The highest BCUT2D eigenvalue weighted by atomic mass is 16.5. The van der Waals surface area contributed by atoms with Crippen LogP contribution < -0.4 is 4.74 Å². The Morgan fingerprint density at radius 3 is 2.15 bits per heavy atom. The first kappa shape index (κ1) is 22.0. The molecular weight excluding hydrogens is 414 g/mol. The topological polar surface area (TPSA) is 78.7 Å². The molecule has 1 aliphatic heterocycles. The molecule has 1 saturated carbocycles. The predicted molar refractivity (Wildman–Crippen MR) is 126 cm³/mol. The lowest BCUT2D eigenvalue weighted by Gasteiger charge is -2.26. The normalized spacial score (nSPS) is 25.6. The van der Waals surface area contributed by atoms with Gasteiger partial charge in [-0.25, -0.2) is 4.98 Å². The van der Waals surface area contributed by atoms with E-state index in [1.165, 1.54) is 5.56 Å². The first-order chi connectivity index (χ1) is 16.1. The molecule has 2 heterocycles. The van der Waals surface area contributed by atoms with Crippen molar-refractivity contribution >= 4 is 0 Å². The van der Waals surface area contributed by atoms with Crippen molar-refractivity contribution in [3.63, 3.8) is 0 Å². The molecule has 6 nitrogen and oxygen atoms in total. The van der Waals surface area contributed by atoms with Gasteiger partial charge in [0.15, 0.2) is 0 Å². The van der Waals surface area contributed by atoms with Gasteiger partial charge in [0, 0.05) is 26.1 Å². The van der Waals surface area contributed by atoms with Crippen molar-refractivity contribution in [2.45, 2.75) is 37.6 Å². The van der Waals surface area contributed by atoms with Crippen LogP contribution in [0.5, 0.6) is 5.88 Å². The van der Waals surface area contributed by atoms with Crippen molar-refractivity contribution in [1.29, 1.82) is 0 Å². The minimum absolute atomic E-state index is 0.435. The van der Waals surface area contributed by atoms with E-state index in [0.29, 0.717) is 36.6 Å². The Morgan fingerprint density at radius 2 is 1.55 bits per heavy atom. The summed E-state index contributed by atoms with van der Waals surface area (Å²) in [7, 11) is 0. The van der Waals surface area contributed by atoms with Gasteiger partial charge in [0.05, 0.1) is 23.7 Å². The molecular formula is C27H31N3O3. The number of ether oxygens (including phenoxy) is 1. The van der Waals surface area contributed by atoms with Crippen molar-refractivity contribution < 1.29 is 14.9 Å². The Labute approximate surface area is 194 Å². The highest BCUT2D eigenvalue weighted by Gasteiger charge is 2.48. The molecule has 172 valence electrons. The van der Waals surface area contributed by atoms with E-state index in [2.05, 4.69) is 27.0 Å². The van der Waals surface area contributed by atoms with Crippen LogP contribution in [-0.2, 0) is 13.0 Å². The first-order valence-electron chi connectivity index (χ1n) is 11.7. The maximum Gasteiger partial charge on any atom is 0.232 e. The molecule has 6 heteroatoms. The van der Waals surface area contributed by atoms with Crippen LogP contribution >= 0.6 is 0 Å². The van der Waals surface area contributed by atoms with Crippen LogP contribution in [0, 0.1) is 11.8 Å². The van der Waals surface area contributed by atoms with Gasteiger partial charge in [0.2, 0.25) is 5.88 Å². The molecule has 33 heavy (non-hydrogen) atoms. The molecule has 1 saturated heterocycles. The number of hydrogen-bond acceptors (Lipinski definition) is 6. The molecule has 2 aliphatic rings. The van der Waals surface area contributed by atoms with Crippen molar-refractivity contribution in [3.8, 4) is 5.88 Å². The molecule has 2 fully saturated rings.